The molecule has 2 aromatic heterocycles. The quantitative estimate of drug-likeness (QED) is 0.361. The van der Waals surface area contributed by atoms with Crippen LogP contribution in [0.1, 0.15) is 23.9 Å². The summed E-state index contributed by atoms with van der Waals surface area (Å²) in [5.41, 5.74) is 9.51. The van der Waals surface area contributed by atoms with Gasteiger partial charge in [0.05, 0.1) is 11.2 Å². The zero-order valence-corrected chi connectivity index (χ0v) is 15.3. The number of hydrazone groups is 1. The molecule has 0 saturated heterocycles. The van der Waals surface area contributed by atoms with Crippen LogP contribution in [0.5, 0.6) is 0 Å². The molecule has 0 aliphatic carbocycles. The fourth-order valence-corrected chi connectivity index (χ4v) is 4.45. The van der Waals surface area contributed by atoms with Crippen LogP contribution in [0, 0.1) is 19.3 Å². The maximum atomic E-state index is 13.2. The van der Waals surface area contributed by atoms with E-state index in [0.717, 1.165) is 0 Å². The van der Waals surface area contributed by atoms with Crippen LogP contribution in [0.4, 0.5) is 0 Å². The smallest absolute Gasteiger partial charge is 0.273 e. The molecule has 0 bridgehead atoms. The van der Waals surface area contributed by atoms with Crippen molar-refractivity contribution in [2.45, 2.75) is 25.7 Å². The minimum Gasteiger partial charge on any atom is -0.369 e. The summed E-state index contributed by atoms with van der Waals surface area (Å²) in [6, 6.07) is 7.08. The maximum absolute atomic E-state index is 13.2. The highest BCUT2D eigenvalue weighted by Gasteiger charge is 2.28. The Morgan fingerprint density at radius 1 is 1.35 bits per heavy atom. The summed E-state index contributed by atoms with van der Waals surface area (Å²) in [6.07, 6.45) is 1.49. The molecule has 1 aromatic carbocycles. The van der Waals surface area contributed by atoms with E-state index >= 15 is 0 Å². The van der Waals surface area contributed by atoms with Gasteiger partial charge < -0.3 is 10.3 Å². The average molecular weight is 374 g/mol. The first-order valence-corrected chi connectivity index (χ1v) is 9.10. The lowest BCUT2D eigenvalue weighted by atomic mass is 10.1. The van der Waals surface area contributed by atoms with E-state index in [-0.39, 0.29) is 16.6 Å². The fraction of sp³-hybridized carbons (Fsp3) is 0.188. The van der Waals surface area contributed by atoms with Gasteiger partial charge in [0.1, 0.15) is 5.69 Å². The number of guanidine groups is 1. The third-order valence-corrected chi connectivity index (χ3v) is 5.82. The Morgan fingerprint density at radius 3 is 2.65 bits per heavy atom. The highest BCUT2D eigenvalue weighted by atomic mass is 32.2. The number of hydrogen-bond acceptors (Lipinski definition) is 6. The van der Waals surface area contributed by atoms with Crippen LogP contribution in [0.15, 0.2) is 45.0 Å². The van der Waals surface area contributed by atoms with Crippen LogP contribution >= 0.6 is 0 Å². The second kappa shape index (κ2) is 6.30. The van der Waals surface area contributed by atoms with Crippen molar-refractivity contribution in [2.24, 2.45) is 10.8 Å². The number of rotatable bonds is 4. The summed E-state index contributed by atoms with van der Waals surface area (Å²) in [5, 5.41) is 15.7. The predicted octanol–water partition coefficient (Wildman–Crippen LogP) is 1.69. The Hall–Kier alpha value is -3.14. The summed E-state index contributed by atoms with van der Waals surface area (Å²) < 4.78 is 32.6. The molecular weight excluding hydrogens is 356 g/mol. The normalized spacial score (nSPS) is 12.5. The topological polar surface area (TPSA) is 139 Å². The first kappa shape index (κ1) is 17.7. The van der Waals surface area contributed by atoms with Crippen molar-refractivity contribution in [1.82, 2.24) is 14.6 Å². The molecule has 0 saturated carbocycles. The molecule has 0 aliphatic heterocycles. The van der Waals surface area contributed by atoms with Gasteiger partial charge in [0.25, 0.3) is 10.0 Å². The lowest BCUT2D eigenvalue weighted by molar-refractivity contribution is 0.390. The van der Waals surface area contributed by atoms with E-state index in [1.165, 1.54) is 10.2 Å². The number of nitrogens with two attached hydrogens (primary N) is 1. The molecule has 0 spiro atoms. The third kappa shape index (κ3) is 2.84. The number of benzene rings is 1. The zero-order valence-electron chi connectivity index (χ0n) is 14.4. The van der Waals surface area contributed by atoms with Gasteiger partial charge in [0, 0.05) is 17.1 Å². The Kier molecular flexibility index (Phi) is 4.28. The first-order valence-electron chi connectivity index (χ1n) is 7.66. The van der Waals surface area contributed by atoms with E-state index in [0.29, 0.717) is 27.9 Å². The second-order valence-electron chi connectivity index (χ2n) is 5.74. The number of fused-ring (bicyclic) bond motifs is 1. The van der Waals surface area contributed by atoms with E-state index in [4.69, 9.17) is 15.7 Å². The highest BCUT2D eigenvalue weighted by Crippen LogP contribution is 2.29. The Bertz CT molecular complexity index is 1120. The van der Waals surface area contributed by atoms with Crippen LogP contribution in [0.2, 0.25) is 0 Å². The number of nitrogens with zero attached hydrogens (tertiary/aromatic N) is 3. The molecule has 10 heteroatoms. The van der Waals surface area contributed by atoms with Crippen molar-refractivity contribution in [2.75, 3.05) is 0 Å². The summed E-state index contributed by atoms with van der Waals surface area (Å²) in [6.45, 7) is 4.84. The molecule has 3 rings (SSSR count). The third-order valence-electron chi connectivity index (χ3n) is 3.90. The minimum absolute atomic E-state index is 0.0428. The van der Waals surface area contributed by atoms with Gasteiger partial charge in [0.15, 0.2) is 10.7 Å². The van der Waals surface area contributed by atoms with Crippen molar-refractivity contribution in [3.8, 4) is 0 Å². The minimum atomic E-state index is -3.91. The van der Waals surface area contributed by atoms with Crippen LogP contribution in [-0.4, -0.2) is 29.2 Å². The van der Waals surface area contributed by atoms with E-state index in [1.54, 1.807) is 39.0 Å². The van der Waals surface area contributed by atoms with E-state index in [2.05, 4.69) is 15.7 Å². The molecule has 3 aromatic rings. The van der Waals surface area contributed by atoms with Gasteiger partial charge in [-0.25, -0.2) is 17.8 Å². The van der Waals surface area contributed by atoms with Gasteiger partial charge in [-0.1, -0.05) is 23.4 Å². The standard InChI is InChI=1S/C16H18N6O3S/c1-9(19-20-16(17)18)13-8-22(14-7-5-4-6-12(13)14)26(23,24)15-10(2)21-25-11(15)3/h4-8H,1-3H3,(H4,17,18,20)/b19-9-. The van der Waals surface area contributed by atoms with Crippen molar-refractivity contribution < 1.29 is 12.9 Å². The molecular formula is C16H18N6O3S. The van der Waals surface area contributed by atoms with Crippen LogP contribution < -0.4 is 11.2 Å². The summed E-state index contributed by atoms with van der Waals surface area (Å²) in [4.78, 5) is 0.0428. The van der Waals surface area contributed by atoms with Gasteiger partial charge in [-0.3, -0.25) is 5.41 Å². The van der Waals surface area contributed by atoms with Gasteiger partial charge in [0.2, 0.25) is 5.96 Å². The fourth-order valence-electron chi connectivity index (χ4n) is 2.78. The van der Waals surface area contributed by atoms with E-state index in [1.807, 2.05) is 6.07 Å². The first-order chi connectivity index (χ1) is 12.2. The lowest BCUT2D eigenvalue weighted by Crippen LogP contribution is -2.26. The molecule has 0 radical (unpaired) electrons. The monoisotopic (exact) mass is 374 g/mol. The van der Waals surface area contributed by atoms with Gasteiger partial charge >= 0.3 is 0 Å². The molecule has 0 unspecified atom stereocenters. The van der Waals surface area contributed by atoms with Crippen molar-refractivity contribution in [1.29, 1.82) is 5.41 Å². The van der Waals surface area contributed by atoms with Crippen LogP contribution in [0.25, 0.3) is 10.9 Å². The predicted molar refractivity (Wildman–Crippen MR) is 97.8 cm³/mol. The largest absolute Gasteiger partial charge is 0.369 e. The van der Waals surface area contributed by atoms with Crippen molar-refractivity contribution in [3.05, 3.63) is 47.5 Å². The summed E-state index contributed by atoms with van der Waals surface area (Å²) in [7, 11) is -3.91. The lowest BCUT2D eigenvalue weighted by Gasteiger charge is -2.06. The van der Waals surface area contributed by atoms with E-state index in [9.17, 15) is 8.42 Å². The summed E-state index contributed by atoms with van der Waals surface area (Å²) >= 11 is 0. The number of hydrogen-bond donors (Lipinski definition) is 3. The highest BCUT2D eigenvalue weighted by molar-refractivity contribution is 7.90. The number of nitrogens with one attached hydrogen (secondary N) is 2. The van der Waals surface area contributed by atoms with Crippen molar-refractivity contribution >= 4 is 32.6 Å². The van der Waals surface area contributed by atoms with Crippen molar-refractivity contribution in [3.63, 3.8) is 0 Å². The van der Waals surface area contributed by atoms with Gasteiger partial charge in [-0.05, 0) is 26.8 Å². The Morgan fingerprint density at radius 2 is 2.04 bits per heavy atom. The maximum Gasteiger partial charge on any atom is 0.273 e. The van der Waals surface area contributed by atoms with Gasteiger partial charge in [-0.2, -0.15) is 5.10 Å². The molecule has 0 atom stereocenters. The second-order valence-corrected chi connectivity index (χ2v) is 7.49. The molecule has 26 heavy (non-hydrogen) atoms. The van der Waals surface area contributed by atoms with Gasteiger partial charge in [-0.15, -0.1) is 0 Å². The number of aromatic nitrogens is 2. The molecule has 0 aliphatic rings. The molecule has 0 fully saturated rings. The molecule has 0 amide bonds. The number of para-hydroxylation sites is 1. The molecule has 9 nitrogen and oxygen atoms in total. The zero-order chi connectivity index (χ0) is 19.1. The Labute approximate surface area is 150 Å². The number of aryl methyl sites for hydroxylation is 2. The molecule has 136 valence electrons. The van der Waals surface area contributed by atoms with Crippen LogP contribution in [0.3, 0.4) is 0 Å². The van der Waals surface area contributed by atoms with Crippen LogP contribution in [-0.2, 0) is 10.0 Å². The van der Waals surface area contributed by atoms with E-state index < -0.39 is 10.0 Å². The molecule has 2 heterocycles. The molecule has 4 N–H and O–H groups in total. The average Bonchev–Trinajstić information content (AvgIpc) is 3.13. The summed E-state index contributed by atoms with van der Waals surface area (Å²) in [5.74, 6) is -0.0816. The Balaban J connectivity index is 2.26. The SMILES string of the molecule is C/C(=N/NC(=N)N)c1cn(S(=O)(=O)c2c(C)noc2C)c2ccccc12.